The Kier molecular flexibility index (Phi) is 46.8. The number of unbranched alkanes of at least 4 members (excludes halogenated alkanes) is 30. The molecule has 0 aromatic carbocycles. The molecule has 0 radical (unpaired) electrons. The molecule has 0 rings (SSSR count). The first kappa shape index (κ1) is 55.1. The fourth-order valence-electron chi connectivity index (χ4n) is 7.36. The van der Waals surface area contributed by atoms with Crippen LogP contribution < -0.4 is 5.32 Å². The molecule has 0 heterocycles. The summed E-state index contributed by atoms with van der Waals surface area (Å²) in [4.78, 5) is 12.3. The molecule has 0 aliphatic carbocycles. The van der Waals surface area contributed by atoms with Crippen LogP contribution in [0.5, 0.6) is 0 Å². The van der Waals surface area contributed by atoms with Gasteiger partial charge in [-0.2, -0.15) is 0 Å². The number of aliphatic hydroxyl groups is 2. The van der Waals surface area contributed by atoms with Crippen molar-refractivity contribution in [2.24, 2.45) is 0 Å². The van der Waals surface area contributed by atoms with Crippen molar-refractivity contribution in [1.29, 1.82) is 0 Å². The number of carbonyl (C=O) groups excluding carboxylic acids is 1. The van der Waals surface area contributed by atoms with E-state index >= 15 is 0 Å². The van der Waals surface area contributed by atoms with Crippen LogP contribution in [0.1, 0.15) is 251 Å². The molecule has 332 valence electrons. The molecule has 0 spiro atoms. The highest BCUT2D eigenvalue weighted by atomic mass is 16.3. The smallest absolute Gasteiger partial charge is 0.220 e. The van der Waals surface area contributed by atoms with Gasteiger partial charge in [-0.3, -0.25) is 4.79 Å². The summed E-state index contributed by atoms with van der Waals surface area (Å²) in [5.41, 5.74) is 0. The number of hydrogen-bond acceptors (Lipinski definition) is 3. The first-order chi connectivity index (χ1) is 28.2. The zero-order valence-electron chi connectivity index (χ0n) is 38.1. The Hall–Kier alpha value is -1.91. The molecular formula is C53H97NO3. The average molecular weight is 796 g/mol. The van der Waals surface area contributed by atoms with E-state index in [-0.39, 0.29) is 12.5 Å². The van der Waals surface area contributed by atoms with Gasteiger partial charge in [0.2, 0.25) is 5.91 Å². The third-order valence-electron chi connectivity index (χ3n) is 11.2. The van der Waals surface area contributed by atoms with Crippen LogP contribution in [0.4, 0.5) is 0 Å². The molecule has 0 aromatic rings. The molecule has 3 N–H and O–H groups in total. The minimum Gasteiger partial charge on any atom is -0.394 e. The van der Waals surface area contributed by atoms with Crippen molar-refractivity contribution < 1.29 is 15.0 Å². The summed E-state index contributed by atoms with van der Waals surface area (Å²) >= 11 is 0. The lowest BCUT2D eigenvalue weighted by atomic mass is 10.0. The van der Waals surface area contributed by atoms with E-state index in [0.29, 0.717) is 6.42 Å². The summed E-state index contributed by atoms with van der Waals surface area (Å²) in [5.74, 6) is -0.0761. The number of carbonyl (C=O) groups is 1. The number of amides is 1. The molecule has 0 aromatic heterocycles. The molecule has 0 fully saturated rings. The molecule has 0 aliphatic rings. The van der Waals surface area contributed by atoms with E-state index in [1.165, 1.54) is 186 Å². The second-order valence-corrected chi connectivity index (χ2v) is 16.9. The molecule has 1 amide bonds. The first-order valence-corrected chi connectivity index (χ1v) is 25.0. The van der Waals surface area contributed by atoms with Crippen LogP contribution in [0, 0.1) is 0 Å². The van der Waals surface area contributed by atoms with Crippen LogP contribution in [-0.4, -0.2) is 34.9 Å². The van der Waals surface area contributed by atoms with Gasteiger partial charge in [0, 0.05) is 6.42 Å². The van der Waals surface area contributed by atoms with Gasteiger partial charge in [0.25, 0.3) is 0 Å². The second-order valence-electron chi connectivity index (χ2n) is 16.9. The SMILES string of the molecule is CCCC/C=C/CC/C=C/C(O)C(CO)NC(=O)CCCCCCCCCCCCCCCCCCCCCCCC/C=C\C/C=C\C/C=C\CCCCCCC. The number of allylic oxidation sites excluding steroid dienone is 9. The monoisotopic (exact) mass is 796 g/mol. The van der Waals surface area contributed by atoms with Crippen molar-refractivity contribution in [3.63, 3.8) is 0 Å². The van der Waals surface area contributed by atoms with Crippen molar-refractivity contribution in [3.05, 3.63) is 60.8 Å². The third-order valence-corrected chi connectivity index (χ3v) is 11.2. The van der Waals surface area contributed by atoms with Crippen molar-refractivity contribution >= 4 is 5.91 Å². The zero-order valence-corrected chi connectivity index (χ0v) is 38.1. The van der Waals surface area contributed by atoms with Gasteiger partial charge in [0.15, 0.2) is 0 Å². The predicted molar refractivity (Wildman–Crippen MR) is 253 cm³/mol. The van der Waals surface area contributed by atoms with Crippen molar-refractivity contribution in [3.8, 4) is 0 Å². The van der Waals surface area contributed by atoms with Gasteiger partial charge in [-0.25, -0.2) is 0 Å². The van der Waals surface area contributed by atoms with E-state index < -0.39 is 12.1 Å². The minimum absolute atomic E-state index is 0.0761. The molecular weight excluding hydrogens is 699 g/mol. The van der Waals surface area contributed by atoms with Crippen LogP contribution in [0.25, 0.3) is 0 Å². The summed E-state index contributed by atoms with van der Waals surface area (Å²) in [6.45, 7) is 4.21. The third kappa shape index (κ3) is 45.0. The Morgan fingerprint density at radius 2 is 0.754 bits per heavy atom. The Balaban J connectivity index is 3.39. The van der Waals surface area contributed by atoms with Gasteiger partial charge in [-0.1, -0.05) is 242 Å². The van der Waals surface area contributed by atoms with Gasteiger partial charge in [0.1, 0.15) is 0 Å². The molecule has 0 aliphatic heterocycles. The van der Waals surface area contributed by atoms with Crippen LogP contribution >= 0.6 is 0 Å². The minimum atomic E-state index is -0.859. The van der Waals surface area contributed by atoms with Gasteiger partial charge in [0.05, 0.1) is 18.8 Å². The molecule has 4 nitrogen and oxygen atoms in total. The number of hydrogen-bond donors (Lipinski definition) is 3. The van der Waals surface area contributed by atoms with Gasteiger partial charge in [-0.15, -0.1) is 0 Å². The van der Waals surface area contributed by atoms with E-state index in [1.54, 1.807) is 6.08 Å². The molecule has 0 bridgehead atoms. The van der Waals surface area contributed by atoms with Crippen molar-refractivity contribution in [2.75, 3.05) is 6.61 Å². The Morgan fingerprint density at radius 1 is 0.421 bits per heavy atom. The van der Waals surface area contributed by atoms with E-state index in [2.05, 4.69) is 67.8 Å². The maximum atomic E-state index is 12.3. The van der Waals surface area contributed by atoms with Crippen LogP contribution in [0.3, 0.4) is 0 Å². The van der Waals surface area contributed by atoms with E-state index in [4.69, 9.17) is 0 Å². The number of rotatable bonds is 45. The van der Waals surface area contributed by atoms with E-state index in [1.807, 2.05) is 6.08 Å². The van der Waals surface area contributed by atoms with Gasteiger partial charge >= 0.3 is 0 Å². The number of nitrogens with one attached hydrogen (secondary N) is 1. The lowest BCUT2D eigenvalue weighted by Crippen LogP contribution is -2.45. The fourth-order valence-corrected chi connectivity index (χ4v) is 7.36. The summed E-state index contributed by atoms with van der Waals surface area (Å²) in [6.07, 6.45) is 68.2. The van der Waals surface area contributed by atoms with Crippen molar-refractivity contribution in [1.82, 2.24) is 5.32 Å². The highest BCUT2D eigenvalue weighted by Crippen LogP contribution is 2.16. The van der Waals surface area contributed by atoms with Crippen LogP contribution in [-0.2, 0) is 4.79 Å². The zero-order chi connectivity index (χ0) is 41.4. The highest BCUT2D eigenvalue weighted by Gasteiger charge is 2.17. The number of aliphatic hydroxyl groups excluding tert-OH is 2. The largest absolute Gasteiger partial charge is 0.394 e. The predicted octanol–water partition coefficient (Wildman–Crippen LogP) is 16.1. The van der Waals surface area contributed by atoms with E-state index in [9.17, 15) is 15.0 Å². The maximum absolute atomic E-state index is 12.3. The molecule has 2 atom stereocenters. The standard InChI is InChI=1S/C53H97NO3/c1-3-5-7-9-11-13-14-15-16-17-18-19-20-21-22-23-24-25-26-27-28-29-30-31-32-33-34-35-36-37-38-39-40-41-43-45-47-49-53(57)54-51(50-55)52(56)48-46-44-42-12-10-8-6-4-2/h10,12,14-15,17-18,20-21,46,48,51-52,55-56H,3-9,11,13,16,19,22-45,47,49-50H2,1-2H3,(H,54,57)/b12-10+,15-14-,18-17-,21-20-,48-46+. The van der Waals surface area contributed by atoms with Gasteiger partial charge in [-0.05, 0) is 64.2 Å². The summed E-state index contributed by atoms with van der Waals surface area (Å²) in [6, 6.07) is -0.636. The summed E-state index contributed by atoms with van der Waals surface area (Å²) in [7, 11) is 0. The first-order valence-electron chi connectivity index (χ1n) is 25.0. The summed E-state index contributed by atoms with van der Waals surface area (Å²) in [5, 5.41) is 22.8. The second kappa shape index (κ2) is 48.5. The van der Waals surface area contributed by atoms with Crippen LogP contribution in [0.15, 0.2) is 60.8 Å². The lowest BCUT2D eigenvalue weighted by molar-refractivity contribution is -0.123. The molecule has 0 saturated carbocycles. The quantitative estimate of drug-likeness (QED) is 0.0425. The van der Waals surface area contributed by atoms with E-state index in [0.717, 1.165) is 44.9 Å². The van der Waals surface area contributed by atoms with Crippen LogP contribution in [0.2, 0.25) is 0 Å². The van der Waals surface area contributed by atoms with Gasteiger partial charge < -0.3 is 15.5 Å². The Labute approximate surface area is 356 Å². The lowest BCUT2D eigenvalue weighted by Gasteiger charge is -2.19. The Bertz CT molecular complexity index is 950. The Morgan fingerprint density at radius 3 is 1.19 bits per heavy atom. The topological polar surface area (TPSA) is 69.6 Å². The van der Waals surface area contributed by atoms with Crippen molar-refractivity contribution in [2.45, 2.75) is 264 Å². The summed E-state index contributed by atoms with van der Waals surface area (Å²) < 4.78 is 0. The highest BCUT2D eigenvalue weighted by molar-refractivity contribution is 5.76. The molecule has 4 heteroatoms. The fraction of sp³-hybridized carbons (Fsp3) is 0.792. The molecule has 2 unspecified atom stereocenters. The molecule has 57 heavy (non-hydrogen) atoms. The molecule has 0 saturated heterocycles. The average Bonchev–Trinajstić information content (AvgIpc) is 3.22. The normalized spacial score (nSPS) is 13.4. The maximum Gasteiger partial charge on any atom is 0.220 e.